The number of fused-ring (bicyclic) bond motifs is 1. The number of sulfonamides is 1. The number of nitrogens with zero attached hydrogens (tertiary/aromatic N) is 1. The van der Waals surface area contributed by atoms with Gasteiger partial charge in [-0.25, -0.2) is 13.1 Å². The minimum atomic E-state index is -3.66. The van der Waals surface area contributed by atoms with Crippen molar-refractivity contribution in [3.8, 4) is 0 Å². The summed E-state index contributed by atoms with van der Waals surface area (Å²) in [4.78, 5) is 4.39. The molecule has 0 saturated carbocycles. The first-order chi connectivity index (χ1) is 11.1. The fourth-order valence-corrected chi connectivity index (χ4v) is 3.68. The molecule has 0 unspecified atom stereocenters. The summed E-state index contributed by atoms with van der Waals surface area (Å²) in [5.41, 5.74) is 7.58. The summed E-state index contributed by atoms with van der Waals surface area (Å²) >= 11 is 0. The normalized spacial score (nSPS) is 13.1. The van der Waals surface area contributed by atoms with Crippen LogP contribution in [0.1, 0.15) is 11.6 Å². The van der Waals surface area contributed by atoms with Crippen molar-refractivity contribution in [1.82, 2.24) is 9.71 Å². The average Bonchev–Trinajstić information content (AvgIpc) is 2.60. The van der Waals surface area contributed by atoms with Crippen LogP contribution >= 0.6 is 0 Å². The van der Waals surface area contributed by atoms with Crippen LogP contribution in [0.15, 0.2) is 71.8 Å². The standard InChI is InChI=1S/C17H17N3O2S/c18-15(13-6-2-1-3-7-13)12-20-23(21,22)17-10-4-9-16-14(17)8-5-11-19-16/h1-11,15,20H,12,18H2/t15-/m0/s1. The Labute approximate surface area is 135 Å². The number of aromatic nitrogens is 1. The van der Waals surface area contributed by atoms with E-state index in [1.165, 1.54) is 0 Å². The van der Waals surface area contributed by atoms with E-state index < -0.39 is 16.1 Å². The molecular formula is C17H17N3O2S. The number of pyridine rings is 1. The molecule has 23 heavy (non-hydrogen) atoms. The third-order valence-corrected chi connectivity index (χ3v) is 5.10. The molecule has 0 fully saturated rings. The molecule has 3 aromatic rings. The molecule has 0 amide bonds. The molecule has 3 rings (SSSR count). The Kier molecular flexibility index (Phi) is 4.38. The third kappa shape index (κ3) is 3.39. The molecular weight excluding hydrogens is 310 g/mol. The van der Waals surface area contributed by atoms with E-state index in [4.69, 9.17) is 5.73 Å². The number of benzene rings is 2. The Hall–Kier alpha value is -2.28. The molecule has 0 aliphatic carbocycles. The van der Waals surface area contributed by atoms with E-state index in [0.717, 1.165) is 5.56 Å². The summed E-state index contributed by atoms with van der Waals surface area (Å²) in [7, 11) is -3.66. The number of hydrogen-bond donors (Lipinski definition) is 2. The van der Waals surface area contributed by atoms with E-state index in [1.54, 1.807) is 36.5 Å². The molecule has 1 atom stereocenters. The topological polar surface area (TPSA) is 85.1 Å². The number of nitrogens with two attached hydrogens (primary N) is 1. The summed E-state index contributed by atoms with van der Waals surface area (Å²) in [5.74, 6) is 0. The molecule has 1 heterocycles. The van der Waals surface area contributed by atoms with E-state index in [2.05, 4.69) is 9.71 Å². The first-order valence-corrected chi connectivity index (χ1v) is 8.70. The monoisotopic (exact) mass is 327 g/mol. The van der Waals surface area contributed by atoms with Crippen molar-refractivity contribution in [2.24, 2.45) is 5.73 Å². The van der Waals surface area contributed by atoms with Gasteiger partial charge in [0.25, 0.3) is 0 Å². The molecule has 1 aromatic heterocycles. The molecule has 0 radical (unpaired) electrons. The van der Waals surface area contributed by atoms with Crippen molar-refractivity contribution < 1.29 is 8.42 Å². The van der Waals surface area contributed by atoms with Gasteiger partial charge >= 0.3 is 0 Å². The minimum absolute atomic E-state index is 0.128. The van der Waals surface area contributed by atoms with Crippen molar-refractivity contribution in [2.45, 2.75) is 10.9 Å². The highest BCUT2D eigenvalue weighted by atomic mass is 32.2. The zero-order valence-electron chi connectivity index (χ0n) is 12.4. The smallest absolute Gasteiger partial charge is 0.241 e. The summed E-state index contributed by atoms with van der Waals surface area (Å²) in [6.45, 7) is 0.128. The minimum Gasteiger partial charge on any atom is -0.323 e. The predicted octanol–water partition coefficient (Wildman–Crippen LogP) is 2.21. The maximum atomic E-state index is 12.6. The number of hydrogen-bond acceptors (Lipinski definition) is 4. The van der Waals surface area contributed by atoms with Gasteiger partial charge in [-0.2, -0.15) is 0 Å². The second kappa shape index (κ2) is 6.45. The lowest BCUT2D eigenvalue weighted by Gasteiger charge is -2.14. The van der Waals surface area contributed by atoms with Crippen LogP contribution in [-0.4, -0.2) is 19.9 Å². The fourth-order valence-electron chi connectivity index (χ4n) is 2.40. The molecule has 0 spiro atoms. The van der Waals surface area contributed by atoms with Crippen LogP contribution in [-0.2, 0) is 10.0 Å². The summed E-state index contributed by atoms with van der Waals surface area (Å²) in [6, 6.07) is 17.5. The molecule has 6 heteroatoms. The highest BCUT2D eigenvalue weighted by Crippen LogP contribution is 2.21. The van der Waals surface area contributed by atoms with Crippen molar-refractivity contribution in [3.05, 3.63) is 72.4 Å². The molecule has 0 aliphatic heterocycles. The van der Waals surface area contributed by atoms with Crippen molar-refractivity contribution >= 4 is 20.9 Å². The summed E-state index contributed by atoms with van der Waals surface area (Å²) < 4.78 is 27.8. The molecule has 5 nitrogen and oxygen atoms in total. The van der Waals surface area contributed by atoms with Gasteiger partial charge in [0.1, 0.15) is 0 Å². The van der Waals surface area contributed by atoms with Gasteiger partial charge in [0, 0.05) is 24.2 Å². The van der Waals surface area contributed by atoms with E-state index >= 15 is 0 Å². The Morgan fingerprint density at radius 3 is 2.57 bits per heavy atom. The van der Waals surface area contributed by atoms with Gasteiger partial charge in [-0.3, -0.25) is 4.98 Å². The van der Waals surface area contributed by atoms with Crippen LogP contribution in [0.5, 0.6) is 0 Å². The third-order valence-electron chi connectivity index (χ3n) is 3.62. The fraction of sp³-hybridized carbons (Fsp3) is 0.118. The second-order valence-corrected chi connectivity index (χ2v) is 6.93. The largest absolute Gasteiger partial charge is 0.323 e. The molecule has 0 aliphatic rings. The second-order valence-electron chi connectivity index (χ2n) is 5.20. The van der Waals surface area contributed by atoms with Crippen molar-refractivity contribution in [3.63, 3.8) is 0 Å². The number of rotatable bonds is 5. The van der Waals surface area contributed by atoms with Gasteiger partial charge in [-0.1, -0.05) is 36.4 Å². The van der Waals surface area contributed by atoms with Crippen LogP contribution in [0.2, 0.25) is 0 Å². The first kappa shape index (κ1) is 15.6. The molecule has 118 valence electrons. The Morgan fingerprint density at radius 2 is 1.78 bits per heavy atom. The van der Waals surface area contributed by atoms with Crippen LogP contribution in [0.3, 0.4) is 0 Å². The quantitative estimate of drug-likeness (QED) is 0.752. The van der Waals surface area contributed by atoms with Crippen LogP contribution < -0.4 is 10.5 Å². The maximum absolute atomic E-state index is 12.6. The highest BCUT2D eigenvalue weighted by Gasteiger charge is 2.18. The Morgan fingerprint density at radius 1 is 1.00 bits per heavy atom. The zero-order valence-corrected chi connectivity index (χ0v) is 13.2. The van der Waals surface area contributed by atoms with Crippen LogP contribution in [0.25, 0.3) is 10.9 Å². The van der Waals surface area contributed by atoms with Gasteiger partial charge in [0.15, 0.2) is 0 Å². The van der Waals surface area contributed by atoms with Gasteiger partial charge in [-0.15, -0.1) is 0 Å². The lowest BCUT2D eigenvalue weighted by Crippen LogP contribution is -2.32. The van der Waals surface area contributed by atoms with Gasteiger partial charge < -0.3 is 5.73 Å². The predicted molar refractivity (Wildman–Crippen MR) is 90.3 cm³/mol. The lowest BCUT2D eigenvalue weighted by atomic mass is 10.1. The van der Waals surface area contributed by atoms with E-state index in [1.807, 2.05) is 30.3 Å². The Bertz CT molecular complexity index is 906. The Balaban J connectivity index is 1.84. The average molecular weight is 327 g/mol. The highest BCUT2D eigenvalue weighted by molar-refractivity contribution is 7.89. The van der Waals surface area contributed by atoms with Crippen molar-refractivity contribution in [1.29, 1.82) is 0 Å². The van der Waals surface area contributed by atoms with Crippen LogP contribution in [0, 0.1) is 0 Å². The summed E-state index contributed by atoms with van der Waals surface area (Å²) in [5, 5.41) is 0.593. The molecule has 0 saturated heterocycles. The van der Waals surface area contributed by atoms with Gasteiger partial charge in [0.05, 0.1) is 10.4 Å². The van der Waals surface area contributed by atoms with E-state index in [9.17, 15) is 8.42 Å². The number of nitrogens with one attached hydrogen (secondary N) is 1. The van der Waals surface area contributed by atoms with E-state index in [0.29, 0.717) is 10.9 Å². The van der Waals surface area contributed by atoms with Crippen LogP contribution in [0.4, 0.5) is 0 Å². The zero-order chi connectivity index (χ0) is 16.3. The van der Waals surface area contributed by atoms with Gasteiger partial charge in [-0.05, 0) is 29.8 Å². The first-order valence-electron chi connectivity index (χ1n) is 7.22. The van der Waals surface area contributed by atoms with Gasteiger partial charge in [0.2, 0.25) is 10.0 Å². The lowest BCUT2D eigenvalue weighted by molar-refractivity contribution is 0.573. The van der Waals surface area contributed by atoms with E-state index in [-0.39, 0.29) is 11.4 Å². The molecule has 2 aromatic carbocycles. The summed E-state index contributed by atoms with van der Waals surface area (Å²) in [6.07, 6.45) is 1.64. The van der Waals surface area contributed by atoms with Crippen molar-refractivity contribution in [2.75, 3.05) is 6.54 Å². The molecule has 3 N–H and O–H groups in total. The molecule has 0 bridgehead atoms. The SMILES string of the molecule is N[C@@H](CNS(=O)(=O)c1cccc2ncccc12)c1ccccc1. The maximum Gasteiger partial charge on any atom is 0.241 e.